The van der Waals surface area contributed by atoms with Crippen LogP contribution < -0.4 is 4.74 Å². The quantitative estimate of drug-likeness (QED) is 0.803. The Morgan fingerprint density at radius 1 is 1.14 bits per heavy atom. The van der Waals surface area contributed by atoms with Crippen molar-refractivity contribution in [2.45, 2.75) is 12.5 Å². The van der Waals surface area contributed by atoms with Crippen molar-refractivity contribution in [1.82, 2.24) is 0 Å². The van der Waals surface area contributed by atoms with Crippen molar-refractivity contribution in [2.75, 3.05) is 0 Å². The minimum atomic E-state index is -4.78. The van der Waals surface area contributed by atoms with Gasteiger partial charge in [-0.15, -0.1) is 13.2 Å². The van der Waals surface area contributed by atoms with Crippen LogP contribution in [-0.4, -0.2) is 11.5 Å². The molecule has 112 valence electrons. The standard InChI is InChI=1S/C14H9BrClF3O2/c15-9-4-5-12(16)11(7-9)13(20)8-2-1-3-10(6-8)21-14(17,18)19/h1-7,13,20H. The van der Waals surface area contributed by atoms with Gasteiger partial charge in [0.2, 0.25) is 0 Å². The average molecular weight is 382 g/mol. The first-order valence-corrected chi connectivity index (χ1v) is 6.92. The molecule has 0 bridgehead atoms. The maximum Gasteiger partial charge on any atom is 0.573 e. The van der Waals surface area contributed by atoms with Crippen molar-refractivity contribution in [3.05, 3.63) is 63.1 Å². The number of halogens is 5. The first-order chi connectivity index (χ1) is 9.76. The van der Waals surface area contributed by atoms with E-state index in [1.54, 1.807) is 18.2 Å². The highest BCUT2D eigenvalue weighted by Crippen LogP contribution is 2.33. The van der Waals surface area contributed by atoms with Crippen LogP contribution in [0.2, 0.25) is 5.02 Å². The van der Waals surface area contributed by atoms with E-state index in [2.05, 4.69) is 20.7 Å². The van der Waals surface area contributed by atoms with Crippen molar-refractivity contribution in [3.8, 4) is 5.75 Å². The Balaban J connectivity index is 2.33. The molecule has 0 fully saturated rings. The van der Waals surface area contributed by atoms with E-state index in [-0.39, 0.29) is 5.56 Å². The molecule has 2 aromatic rings. The second kappa shape index (κ2) is 6.25. The third kappa shape index (κ3) is 4.36. The average Bonchev–Trinajstić information content (AvgIpc) is 2.39. The summed E-state index contributed by atoms with van der Waals surface area (Å²) in [6.07, 6.45) is -5.94. The largest absolute Gasteiger partial charge is 0.573 e. The van der Waals surface area contributed by atoms with E-state index in [1.807, 2.05) is 0 Å². The van der Waals surface area contributed by atoms with Gasteiger partial charge in [-0.3, -0.25) is 0 Å². The lowest BCUT2D eigenvalue weighted by Gasteiger charge is -2.15. The molecule has 0 spiro atoms. The molecule has 7 heteroatoms. The van der Waals surface area contributed by atoms with Crippen molar-refractivity contribution in [3.63, 3.8) is 0 Å². The fourth-order valence-corrected chi connectivity index (χ4v) is 2.39. The van der Waals surface area contributed by atoms with Crippen molar-refractivity contribution in [2.24, 2.45) is 0 Å². The second-order valence-electron chi connectivity index (χ2n) is 4.19. The Labute approximate surface area is 132 Å². The Morgan fingerprint density at radius 2 is 1.86 bits per heavy atom. The molecule has 1 atom stereocenters. The highest BCUT2D eigenvalue weighted by Gasteiger charge is 2.31. The lowest BCUT2D eigenvalue weighted by molar-refractivity contribution is -0.274. The highest BCUT2D eigenvalue weighted by atomic mass is 79.9. The van der Waals surface area contributed by atoms with Crippen molar-refractivity contribution in [1.29, 1.82) is 0 Å². The van der Waals surface area contributed by atoms with Crippen LogP contribution in [0.5, 0.6) is 5.75 Å². The van der Waals surface area contributed by atoms with Gasteiger partial charge in [0, 0.05) is 15.1 Å². The van der Waals surface area contributed by atoms with Crippen molar-refractivity contribution < 1.29 is 23.0 Å². The molecule has 21 heavy (non-hydrogen) atoms. The Kier molecular flexibility index (Phi) is 4.81. The Bertz CT molecular complexity index is 646. The van der Waals surface area contributed by atoms with Crippen LogP contribution in [0.15, 0.2) is 46.9 Å². The molecule has 0 saturated heterocycles. The minimum Gasteiger partial charge on any atom is -0.406 e. The van der Waals surface area contributed by atoms with Crippen LogP contribution in [0.1, 0.15) is 17.2 Å². The Hall–Kier alpha value is -1.24. The summed E-state index contributed by atoms with van der Waals surface area (Å²) in [6, 6.07) is 10.0. The van der Waals surface area contributed by atoms with Gasteiger partial charge < -0.3 is 9.84 Å². The summed E-state index contributed by atoms with van der Waals surface area (Å²) in [5, 5.41) is 10.6. The van der Waals surface area contributed by atoms with Gasteiger partial charge >= 0.3 is 6.36 Å². The first-order valence-electron chi connectivity index (χ1n) is 5.75. The highest BCUT2D eigenvalue weighted by molar-refractivity contribution is 9.10. The fourth-order valence-electron chi connectivity index (χ4n) is 1.79. The molecule has 0 amide bonds. The SMILES string of the molecule is OC(c1cccc(OC(F)(F)F)c1)c1cc(Br)ccc1Cl. The van der Waals surface area contributed by atoms with Crippen LogP contribution in [0.25, 0.3) is 0 Å². The van der Waals surface area contributed by atoms with E-state index in [0.29, 0.717) is 15.1 Å². The number of aliphatic hydroxyl groups excluding tert-OH is 1. The van der Waals surface area contributed by atoms with Crippen LogP contribution in [0.4, 0.5) is 13.2 Å². The van der Waals surface area contributed by atoms with Gasteiger partial charge in [0.25, 0.3) is 0 Å². The molecule has 0 aliphatic rings. The molecule has 0 aliphatic carbocycles. The smallest absolute Gasteiger partial charge is 0.406 e. The Morgan fingerprint density at radius 3 is 2.52 bits per heavy atom. The zero-order valence-electron chi connectivity index (χ0n) is 10.4. The number of aliphatic hydroxyl groups is 1. The van der Waals surface area contributed by atoms with Crippen LogP contribution in [0, 0.1) is 0 Å². The van der Waals surface area contributed by atoms with Crippen LogP contribution in [0.3, 0.4) is 0 Å². The van der Waals surface area contributed by atoms with Gasteiger partial charge in [-0.1, -0.05) is 39.7 Å². The third-order valence-electron chi connectivity index (χ3n) is 2.66. The number of ether oxygens (including phenoxy) is 1. The maximum absolute atomic E-state index is 12.2. The van der Waals surface area contributed by atoms with E-state index in [1.165, 1.54) is 12.1 Å². The molecule has 1 unspecified atom stereocenters. The summed E-state index contributed by atoms with van der Waals surface area (Å²) >= 11 is 9.24. The van der Waals surface area contributed by atoms with E-state index >= 15 is 0 Å². The predicted molar refractivity (Wildman–Crippen MR) is 76.3 cm³/mol. The summed E-state index contributed by atoms with van der Waals surface area (Å²) in [5.41, 5.74) is 0.631. The van der Waals surface area contributed by atoms with E-state index in [4.69, 9.17) is 11.6 Å². The van der Waals surface area contributed by atoms with Crippen LogP contribution >= 0.6 is 27.5 Å². The molecule has 2 rings (SSSR count). The molecule has 0 saturated carbocycles. The summed E-state index contributed by atoms with van der Waals surface area (Å²) < 4.78 is 41.1. The minimum absolute atomic E-state index is 0.247. The molecule has 2 nitrogen and oxygen atoms in total. The van der Waals surface area contributed by atoms with Gasteiger partial charge in [-0.05, 0) is 35.9 Å². The molecular formula is C14H9BrClF3O2. The summed E-state index contributed by atoms with van der Waals surface area (Å²) in [7, 11) is 0. The van der Waals surface area contributed by atoms with Gasteiger partial charge in [-0.25, -0.2) is 0 Å². The molecule has 0 aliphatic heterocycles. The second-order valence-corrected chi connectivity index (χ2v) is 5.51. The molecule has 0 heterocycles. The first kappa shape index (κ1) is 16.1. The number of hydrogen-bond acceptors (Lipinski definition) is 2. The molecule has 0 aromatic heterocycles. The van der Waals surface area contributed by atoms with Crippen LogP contribution in [-0.2, 0) is 0 Å². The zero-order valence-corrected chi connectivity index (χ0v) is 12.7. The third-order valence-corrected chi connectivity index (χ3v) is 3.50. The number of rotatable bonds is 3. The van der Waals surface area contributed by atoms with E-state index < -0.39 is 18.2 Å². The zero-order chi connectivity index (χ0) is 15.6. The normalized spacial score (nSPS) is 13.0. The molecular weight excluding hydrogens is 373 g/mol. The lowest BCUT2D eigenvalue weighted by atomic mass is 10.0. The van der Waals surface area contributed by atoms with E-state index in [9.17, 15) is 18.3 Å². The maximum atomic E-state index is 12.2. The van der Waals surface area contributed by atoms with E-state index in [0.717, 1.165) is 12.1 Å². The molecule has 1 N–H and O–H groups in total. The summed E-state index contributed by atoms with van der Waals surface area (Å²) in [5.74, 6) is -0.398. The summed E-state index contributed by atoms with van der Waals surface area (Å²) in [4.78, 5) is 0. The number of benzene rings is 2. The monoisotopic (exact) mass is 380 g/mol. The van der Waals surface area contributed by atoms with Gasteiger partial charge in [-0.2, -0.15) is 0 Å². The van der Waals surface area contributed by atoms with Gasteiger partial charge in [0.15, 0.2) is 0 Å². The molecule has 0 radical (unpaired) electrons. The summed E-state index contributed by atoms with van der Waals surface area (Å²) in [6.45, 7) is 0. The number of hydrogen-bond donors (Lipinski definition) is 1. The number of alkyl halides is 3. The van der Waals surface area contributed by atoms with Crippen molar-refractivity contribution >= 4 is 27.5 Å². The topological polar surface area (TPSA) is 29.5 Å². The lowest BCUT2D eigenvalue weighted by Crippen LogP contribution is -2.17. The molecule has 2 aromatic carbocycles. The van der Waals surface area contributed by atoms with Gasteiger partial charge in [0.05, 0.1) is 0 Å². The van der Waals surface area contributed by atoms with Gasteiger partial charge in [0.1, 0.15) is 11.9 Å². The fraction of sp³-hybridized carbons (Fsp3) is 0.143. The predicted octanol–water partition coefficient (Wildman–Crippen LogP) is 5.08.